The number of nitrogens with zero attached hydrogens (tertiary/aromatic N) is 4. The van der Waals surface area contributed by atoms with Crippen LogP contribution in [0, 0.1) is 10.1 Å². The van der Waals surface area contributed by atoms with Crippen LogP contribution in [0.15, 0.2) is 53.5 Å². The van der Waals surface area contributed by atoms with Crippen LogP contribution in [0.5, 0.6) is 0 Å². The molecule has 0 aliphatic carbocycles. The third-order valence-electron chi connectivity index (χ3n) is 3.00. The number of hydrogen-bond donors (Lipinski definition) is 1. The molecule has 0 fully saturated rings. The molecule has 23 heavy (non-hydrogen) atoms. The topological polar surface area (TPSA) is 107 Å². The normalized spacial score (nSPS) is 11.0. The zero-order chi connectivity index (χ0) is 16.2. The monoisotopic (exact) mass is 325 g/mol. The molecule has 1 aromatic heterocycles. The molecule has 0 aliphatic rings. The molecule has 0 radical (unpaired) electrons. The Kier molecular flexibility index (Phi) is 4.07. The van der Waals surface area contributed by atoms with Crippen molar-refractivity contribution in [3.8, 4) is 10.6 Å². The summed E-state index contributed by atoms with van der Waals surface area (Å²) in [6.45, 7) is 0. The lowest BCUT2D eigenvalue weighted by molar-refractivity contribution is -0.384. The van der Waals surface area contributed by atoms with E-state index in [9.17, 15) is 10.1 Å². The average Bonchev–Trinajstić information content (AvgIpc) is 3.00. The van der Waals surface area contributed by atoms with Crippen LogP contribution in [-0.4, -0.2) is 21.3 Å². The molecule has 3 aromatic rings. The number of non-ortho nitro benzene ring substituents is 1. The van der Waals surface area contributed by atoms with Crippen molar-refractivity contribution in [2.24, 2.45) is 4.99 Å². The second kappa shape index (κ2) is 6.32. The summed E-state index contributed by atoms with van der Waals surface area (Å²) in [6, 6.07) is 13.7. The van der Waals surface area contributed by atoms with Crippen molar-refractivity contribution in [1.29, 1.82) is 0 Å². The van der Waals surface area contributed by atoms with E-state index in [0.717, 1.165) is 21.8 Å². The first-order valence-electron chi connectivity index (χ1n) is 6.60. The van der Waals surface area contributed by atoms with Gasteiger partial charge >= 0.3 is 0 Å². The molecule has 2 aromatic carbocycles. The number of rotatable bonds is 4. The van der Waals surface area contributed by atoms with E-state index in [1.54, 1.807) is 18.3 Å². The molecule has 1 heterocycles. The number of aliphatic imine (C=N–C) groups is 1. The smallest absolute Gasteiger partial charge is 0.269 e. The van der Waals surface area contributed by atoms with Crippen LogP contribution in [0.2, 0.25) is 0 Å². The Morgan fingerprint density at radius 3 is 2.61 bits per heavy atom. The van der Waals surface area contributed by atoms with E-state index in [4.69, 9.17) is 5.73 Å². The third-order valence-corrected chi connectivity index (χ3v) is 3.80. The zero-order valence-corrected chi connectivity index (χ0v) is 12.6. The summed E-state index contributed by atoms with van der Waals surface area (Å²) in [5.74, 6) is 0. The van der Waals surface area contributed by atoms with E-state index in [0.29, 0.717) is 5.13 Å². The predicted molar refractivity (Wildman–Crippen MR) is 90.1 cm³/mol. The van der Waals surface area contributed by atoms with E-state index < -0.39 is 4.92 Å². The second-order valence-corrected chi connectivity index (χ2v) is 5.61. The molecule has 114 valence electrons. The maximum absolute atomic E-state index is 10.6. The van der Waals surface area contributed by atoms with Gasteiger partial charge in [-0.1, -0.05) is 23.5 Å². The molecule has 0 spiro atoms. The highest BCUT2D eigenvalue weighted by atomic mass is 32.1. The summed E-state index contributed by atoms with van der Waals surface area (Å²) in [6.07, 6.45) is 1.65. The molecule has 0 amide bonds. The van der Waals surface area contributed by atoms with Gasteiger partial charge in [0.25, 0.3) is 5.69 Å². The van der Waals surface area contributed by atoms with Crippen LogP contribution in [0.1, 0.15) is 5.56 Å². The van der Waals surface area contributed by atoms with E-state index in [2.05, 4.69) is 15.2 Å². The number of nitrogens with two attached hydrogens (primary N) is 1. The third kappa shape index (κ3) is 3.55. The summed E-state index contributed by atoms with van der Waals surface area (Å²) in [4.78, 5) is 14.6. The van der Waals surface area contributed by atoms with Crippen molar-refractivity contribution in [3.63, 3.8) is 0 Å². The van der Waals surface area contributed by atoms with Crippen molar-refractivity contribution in [1.82, 2.24) is 10.2 Å². The molecule has 3 rings (SSSR count). The number of nitro groups is 1. The number of benzene rings is 2. The fourth-order valence-corrected chi connectivity index (χ4v) is 2.51. The Hall–Kier alpha value is -3.13. The van der Waals surface area contributed by atoms with Crippen molar-refractivity contribution < 1.29 is 4.92 Å². The highest BCUT2D eigenvalue weighted by Crippen LogP contribution is 2.27. The van der Waals surface area contributed by atoms with E-state index in [-0.39, 0.29) is 5.69 Å². The lowest BCUT2D eigenvalue weighted by Crippen LogP contribution is -1.88. The van der Waals surface area contributed by atoms with Gasteiger partial charge in [-0.05, 0) is 29.8 Å². The van der Waals surface area contributed by atoms with Crippen LogP contribution in [0.4, 0.5) is 16.5 Å². The summed E-state index contributed by atoms with van der Waals surface area (Å²) < 4.78 is 0. The largest absolute Gasteiger partial charge is 0.374 e. The SMILES string of the molecule is Nc1nnc(-c2cccc(N=Cc3ccc([N+](=O)[O-])cc3)c2)s1. The van der Waals surface area contributed by atoms with Gasteiger partial charge < -0.3 is 5.73 Å². The molecule has 0 unspecified atom stereocenters. The Bertz CT molecular complexity index is 874. The molecule has 0 bridgehead atoms. The van der Waals surface area contributed by atoms with Crippen LogP contribution < -0.4 is 5.73 Å². The number of nitro benzene ring substituents is 1. The minimum atomic E-state index is -0.432. The predicted octanol–water partition coefficient (Wildman–Crippen LogP) is 3.45. The lowest BCUT2D eigenvalue weighted by atomic mass is 10.2. The van der Waals surface area contributed by atoms with Crippen LogP contribution in [-0.2, 0) is 0 Å². The fourth-order valence-electron chi connectivity index (χ4n) is 1.90. The van der Waals surface area contributed by atoms with Gasteiger partial charge in [-0.15, -0.1) is 10.2 Å². The van der Waals surface area contributed by atoms with Gasteiger partial charge in [-0.3, -0.25) is 15.1 Å². The van der Waals surface area contributed by atoms with Gasteiger partial charge in [0.2, 0.25) is 5.13 Å². The summed E-state index contributed by atoms with van der Waals surface area (Å²) in [5.41, 5.74) is 8.05. The lowest BCUT2D eigenvalue weighted by Gasteiger charge is -1.98. The van der Waals surface area contributed by atoms with Crippen LogP contribution >= 0.6 is 11.3 Å². The molecule has 8 heteroatoms. The highest BCUT2D eigenvalue weighted by molar-refractivity contribution is 7.18. The first-order valence-corrected chi connectivity index (χ1v) is 7.41. The Labute approximate surface area is 135 Å². The number of aromatic nitrogens is 2. The summed E-state index contributed by atoms with van der Waals surface area (Å²) in [7, 11) is 0. The van der Waals surface area contributed by atoms with Crippen molar-refractivity contribution in [2.75, 3.05) is 5.73 Å². The van der Waals surface area contributed by atoms with Crippen LogP contribution in [0.25, 0.3) is 10.6 Å². The molecule has 7 nitrogen and oxygen atoms in total. The second-order valence-electron chi connectivity index (χ2n) is 4.60. The van der Waals surface area contributed by atoms with Crippen molar-refractivity contribution >= 4 is 34.1 Å². The van der Waals surface area contributed by atoms with E-state index in [1.165, 1.54) is 23.5 Å². The zero-order valence-electron chi connectivity index (χ0n) is 11.8. The summed E-state index contributed by atoms with van der Waals surface area (Å²) >= 11 is 1.31. The minimum absolute atomic E-state index is 0.0537. The molecule has 0 aliphatic heterocycles. The number of hydrogen-bond acceptors (Lipinski definition) is 7. The van der Waals surface area contributed by atoms with Gasteiger partial charge in [0.05, 0.1) is 10.6 Å². The van der Waals surface area contributed by atoms with E-state index >= 15 is 0 Å². The maximum Gasteiger partial charge on any atom is 0.269 e. The average molecular weight is 325 g/mol. The first-order chi connectivity index (χ1) is 11.1. The number of nitrogen functional groups attached to an aromatic ring is 1. The van der Waals surface area contributed by atoms with Crippen molar-refractivity contribution in [2.45, 2.75) is 0 Å². The molecule has 0 saturated heterocycles. The van der Waals surface area contributed by atoms with Gasteiger partial charge in [0, 0.05) is 23.9 Å². The summed E-state index contributed by atoms with van der Waals surface area (Å²) in [5, 5.41) is 19.6. The molecular weight excluding hydrogens is 314 g/mol. The van der Waals surface area contributed by atoms with Gasteiger partial charge in [-0.25, -0.2) is 0 Å². The first kappa shape index (κ1) is 14.8. The fraction of sp³-hybridized carbons (Fsp3) is 0. The van der Waals surface area contributed by atoms with Crippen LogP contribution in [0.3, 0.4) is 0 Å². The quantitative estimate of drug-likeness (QED) is 0.449. The Morgan fingerprint density at radius 2 is 1.96 bits per heavy atom. The van der Waals surface area contributed by atoms with Gasteiger partial charge in [0.1, 0.15) is 5.01 Å². The Morgan fingerprint density at radius 1 is 1.17 bits per heavy atom. The van der Waals surface area contributed by atoms with Gasteiger partial charge in [-0.2, -0.15) is 0 Å². The minimum Gasteiger partial charge on any atom is -0.374 e. The Balaban J connectivity index is 1.81. The maximum atomic E-state index is 10.6. The number of anilines is 1. The highest BCUT2D eigenvalue weighted by Gasteiger charge is 2.05. The standard InChI is InChI=1S/C15H11N5O2S/c16-15-19-18-14(23-15)11-2-1-3-12(8-11)17-9-10-4-6-13(7-5-10)20(21)22/h1-9H,(H2,16,19). The molecule has 0 atom stereocenters. The van der Waals surface area contributed by atoms with E-state index in [1.807, 2.05) is 24.3 Å². The van der Waals surface area contributed by atoms with Crippen molar-refractivity contribution in [3.05, 3.63) is 64.2 Å². The molecule has 0 saturated carbocycles. The molecule has 2 N–H and O–H groups in total. The van der Waals surface area contributed by atoms with Gasteiger partial charge in [0.15, 0.2) is 0 Å². The molecular formula is C15H11N5O2S.